The average Bonchev–Trinajstić information content (AvgIpc) is 2.95. The maximum Gasteiger partial charge on any atom is 0.253 e. The lowest BCUT2D eigenvalue weighted by atomic mass is 9.97. The Bertz CT molecular complexity index is 1220. The Morgan fingerprint density at radius 3 is 2.35 bits per heavy atom. The van der Waals surface area contributed by atoms with E-state index in [0.717, 1.165) is 61.4 Å². The highest BCUT2D eigenvalue weighted by molar-refractivity contribution is 6.02. The third-order valence-corrected chi connectivity index (χ3v) is 7.65. The molecule has 1 fully saturated rings. The fourth-order valence-electron chi connectivity index (χ4n) is 5.38. The van der Waals surface area contributed by atoms with Crippen LogP contribution in [-0.4, -0.2) is 54.3 Å². The van der Waals surface area contributed by atoms with Crippen molar-refractivity contribution < 1.29 is 9.59 Å². The van der Waals surface area contributed by atoms with Crippen LogP contribution in [0.1, 0.15) is 46.3 Å². The second kappa shape index (κ2) is 11.6. The third kappa shape index (κ3) is 6.20. The molecule has 2 amide bonds. The number of piperidine rings is 1. The number of likely N-dealkylation sites (N-methyl/N-ethyl adjacent to an activating group) is 1. The SMILES string of the molecule is CN(CCc1ccccc1)C1CCN(C(=O)c2cc3c(c(NCc4ccccc4)c2)NC(=O)CC3)CC1. The van der Waals surface area contributed by atoms with Gasteiger partial charge < -0.3 is 20.4 Å². The van der Waals surface area contributed by atoms with Gasteiger partial charge in [-0.15, -0.1) is 0 Å². The summed E-state index contributed by atoms with van der Waals surface area (Å²) < 4.78 is 0. The Labute approximate surface area is 219 Å². The Kier molecular flexibility index (Phi) is 7.85. The quantitative estimate of drug-likeness (QED) is 0.463. The van der Waals surface area contributed by atoms with Crippen LogP contribution >= 0.6 is 0 Å². The highest BCUT2D eigenvalue weighted by Crippen LogP contribution is 2.33. The predicted molar refractivity (Wildman–Crippen MR) is 149 cm³/mol. The van der Waals surface area contributed by atoms with Gasteiger partial charge >= 0.3 is 0 Å². The van der Waals surface area contributed by atoms with Crippen LogP contribution in [0.5, 0.6) is 0 Å². The second-order valence-corrected chi connectivity index (χ2v) is 10.2. The molecule has 37 heavy (non-hydrogen) atoms. The van der Waals surface area contributed by atoms with Crippen molar-refractivity contribution in [3.05, 3.63) is 95.1 Å². The van der Waals surface area contributed by atoms with E-state index < -0.39 is 0 Å². The summed E-state index contributed by atoms with van der Waals surface area (Å²) in [7, 11) is 2.20. The number of hydrogen-bond acceptors (Lipinski definition) is 4. The number of carbonyl (C=O) groups excluding carboxylic acids is 2. The normalized spacial score (nSPS) is 15.8. The first kappa shape index (κ1) is 25.0. The summed E-state index contributed by atoms with van der Waals surface area (Å²) in [6, 6.07) is 25.1. The first-order valence-electron chi connectivity index (χ1n) is 13.3. The van der Waals surface area contributed by atoms with Crippen molar-refractivity contribution in [2.75, 3.05) is 37.3 Å². The first-order valence-corrected chi connectivity index (χ1v) is 13.3. The van der Waals surface area contributed by atoms with Crippen LogP contribution in [0.15, 0.2) is 72.8 Å². The van der Waals surface area contributed by atoms with Crippen molar-refractivity contribution in [1.29, 1.82) is 0 Å². The van der Waals surface area contributed by atoms with E-state index in [9.17, 15) is 9.59 Å². The van der Waals surface area contributed by atoms with E-state index in [-0.39, 0.29) is 11.8 Å². The molecule has 2 aliphatic rings. The standard InChI is InChI=1S/C31H36N4O2/c1-34(17-14-23-8-4-2-5-9-23)27-15-18-35(19-16-27)31(37)26-20-25-12-13-29(36)33-30(25)28(21-26)32-22-24-10-6-3-7-11-24/h2-11,20-21,27,32H,12-19,22H2,1H3,(H,33,36). The third-order valence-electron chi connectivity index (χ3n) is 7.65. The zero-order valence-electron chi connectivity index (χ0n) is 21.6. The summed E-state index contributed by atoms with van der Waals surface area (Å²) in [5.41, 5.74) is 5.85. The molecular formula is C31H36N4O2. The highest BCUT2D eigenvalue weighted by atomic mass is 16.2. The van der Waals surface area contributed by atoms with Gasteiger partial charge in [-0.05, 0) is 61.6 Å². The maximum atomic E-state index is 13.6. The molecule has 3 aromatic carbocycles. The van der Waals surface area contributed by atoms with Gasteiger partial charge in [0.1, 0.15) is 0 Å². The van der Waals surface area contributed by atoms with E-state index in [1.807, 2.05) is 35.2 Å². The van der Waals surface area contributed by atoms with Gasteiger partial charge in [0, 0.05) is 44.2 Å². The van der Waals surface area contributed by atoms with Crippen molar-refractivity contribution in [2.24, 2.45) is 0 Å². The Morgan fingerprint density at radius 1 is 0.973 bits per heavy atom. The van der Waals surface area contributed by atoms with E-state index in [2.05, 4.69) is 65.0 Å². The molecule has 0 unspecified atom stereocenters. The lowest BCUT2D eigenvalue weighted by Crippen LogP contribution is -2.46. The molecule has 0 aliphatic carbocycles. The van der Waals surface area contributed by atoms with Crippen LogP contribution in [0.25, 0.3) is 0 Å². The summed E-state index contributed by atoms with van der Waals surface area (Å²) >= 11 is 0. The Morgan fingerprint density at radius 2 is 1.65 bits per heavy atom. The number of hydrogen-bond donors (Lipinski definition) is 2. The lowest BCUT2D eigenvalue weighted by molar-refractivity contribution is -0.116. The van der Waals surface area contributed by atoms with Gasteiger partial charge in [0.15, 0.2) is 0 Å². The minimum Gasteiger partial charge on any atom is -0.379 e. The van der Waals surface area contributed by atoms with Crippen LogP contribution in [0, 0.1) is 0 Å². The molecule has 192 valence electrons. The molecule has 2 aliphatic heterocycles. The summed E-state index contributed by atoms with van der Waals surface area (Å²) in [5, 5.41) is 6.49. The van der Waals surface area contributed by atoms with Crippen molar-refractivity contribution in [3.8, 4) is 0 Å². The molecule has 0 atom stereocenters. The molecule has 6 heteroatoms. The summed E-state index contributed by atoms with van der Waals surface area (Å²) in [5.74, 6) is 0.0978. The Hall–Kier alpha value is -3.64. The molecule has 5 rings (SSSR count). The van der Waals surface area contributed by atoms with Crippen LogP contribution < -0.4 is 10.6 Å². The Balaban J connectivity index is 1.23. The van der Waals surface area contributed by atoms with Gasteiger partial charge in [0.2, 0.25) is 5.91 Å². The predicted octanol–water partition coefficient (Wildman–Crippen LogP) is 4.96. The number of likely N-dealkylation sites (tertiary alicyclic amines) is 1. The molecule has 6 nitrogen and oxygen atoms in total. The molecule has 0 radical (unpaired) electrons. The number of nitrogens with zero attached hydrogens (tertiary/aromatic N) is 2. The molecule has 0 spiro atoms. The van der Waals surface area contributed by atoms with E-state index in [1.54, 1.807) is 0 Å². The minimum atomic E-state index is 0.0211. The molecule has 0 bridgehead atoms. The van der Waals surface area contributed by atoms with E-state index in [1.165, 1.54) is 5.56 Å². The average molecular weight is 497 g/mol. The maximum absolute atomic E-state index is 13.6. The molecule has 3 aromatic rings. The van der Waals surface area contributed by atoms with Crippen molar-refractivity contribution in [3.63, 3.8) is 0 Å². The monoisotopic (exact) mass is 496 g/mol. The highest BCUT2D eigenvalue weighted by Gasteiger charge is 2.28. The van der Waals surface area contributed by atoms with Gasteiger partial charge in [0.25, 0.3) is 5.91 Å². The van der Waals surface area contributed by atoms with Crippen molar-refractivity contribution in [2.45, 2.75) is 44.7 Å². The van der Waals surface area contributed by atoms with Gasteiger partial charge in [-0.2, -0.15) is 0 Å². The van der Waals surface area contributed by atoms with Gasteiger partial charge in [-0.25, -0.2) is 0 Å². The topological polar surface area (TPSA) is 64.7 Å². The zero-order valence-corrected chi connectivity index (χ0v) is 21.6. The van der Waals surface area contributed by atoms with Crippen molar-refractivity contribution >= 4 is 23.2 Å². The number of amides is 2. The number of fused-ring (bicyclic) bond motifs is 1. The van der Waals surface area contributed by atoms with Gasteiger partial charge in [-0.1, -0.05) is 60.7 Å². The van der Waals surface area contributed by atoms with Gasteiger partial charge in [-0.3, -0.25) is 9.59 Å². The largest absolute Gasteiger partial charge is 0.379 e. The number of carbonyl (C=O) groups is 2. The van der Waals surface area contributed by atoms with Crippen LogP contribution in [0.2, 0.25) is 0 Å². The number of benzene rings is 3. The van der Waals surface area contributed by atoms with Crippen LogP contribution in [0.4, 0.5) is 11.4 Å². The first-order chi connectivity index (χ1) is 18.1. The molecule has 0 aromatic heterocycles. The van der Waals surface area contributed by atoms with Crippen LogP contribution in [-0.2, 0) is 24.2 Å². The van der Waals surface area contributed by atoms with Crippen molar-refractivity contribution in [1.82, 2.24) is 9.80 Å². The molecular weight excluding hydrogens is 460 g/mol. The second-order valence-electron chi connectivity index (χ2n) is 10.2. The van der Waals surface area contributed by atoms with E-state index >= 15 is 0 Å². The van der Waals surface area contributed by atoms with E-state index in [0.29, 0.717) is 31.0 Å². The summed E-state index contributed by atoms with van der Waals surface area (Å²) in [4.78, 5) is 30.1. The number of anilines is 2. The fourth-order valence-corrected chi connectivity index (χ4v) is 5.38. The van der Waals surface area contributed by atoms with E-state index in [4.69, 9.17) is 0 Å². The molecule has 2 N–H and O–H groups in total. The fraction of sp³-hybridized carbons (Fsp3) is 0.355. The number of aryl methyl sites for hydroxylation is 1. The lowest BCUT2D eigenvalue weighted by Gasteiger charge is -2.37. The summed E-state index contributed by atoms with van der Waals surface area (Å²) in [6.45, 7) is 3.18. The minimum absolute atomic E-state index is 0.0211. The number of rotatable bonds is 8. The van der Waals surface area contributed by atoms with Gasteiger partial charge in [0.05, 0.1) is 11.4 Å². The smallest absolute Gasteiger partial charge is 0.253 e. The summed E-state index contributed by atoms with van der Waals surface area (Å²) in [6.07, 6.45) is 4.11. The number of nitrogens with one attached hydrogen (secondary N) is 2. The van der Waals surface area contributed by atoms with Crippen LogP contribution in [0.3, 0.4) is 0 Å². The molecule has 1 saturated heterocycles. The molecule has 2 heterocycles. The zero-order chi connectivity index (χ0) is 25.6. The molecule has 0 saturated carbocycles.